The summed E-state index contributed by atoms with van der Waals surface area (Å²) in [7, 11) is 0. The van der Waals surface area contributed by atoms with Crippen molar-refractivity contribution in [3.05, 3.63) is 12.2 Å². The fourth-order valence-electron chi connectivity index (χ4n) is 9.28. The zero-order valence-electron chi connectivity index (χ0n) is 44.0. The molecule has 0 aliphatic rings. The Hall–Kier alpha value is -1.40. The van der Waals surface area contributed by atoms with Gasteiger partial charge in [0.1, 0.15) is 0 Å². The van der Waals surface area contributed by atoms with Crippen LogP contribution < -0.4 is 5.32 Å². The molecule has 0 aliphatic carbocycles. The molecule has 0 saturated carbocycles. The van der Waals surface area contributed by atoms with Crippen LogP contribution in [0.25, 0.3) is 0 Å². The van der Waals surface area contributed by atoms with Gasteiger partial charge in [-0.15, -0.1) is 0 Å². The molecule has 6 heteroatoms. The molecule has 0 aromatic rings. The highest BCUT2D eigenvalue weighted by Gasteiger charge is 2.20. The number of unbranched alkanes of at least 4 members (excludes halogenated alkanes) is 42. The minimum atomic E-state index is -0.674. The quantitative estimate of drug-likeness (QED) is 0.0321. The summed E-state index contributed by atoms with van der Waals surface area (Å²) in [4.78, 5) is 24.5. The Morgan fingerprint density at radius 3 is 1.09 bits per heavy atom. The summed E-state index contributed by atoms with van der Waals surface area (Å²) in [5, 5.41) is 23.3. The first-order valence-electron chi connectivity index (χ1n) is 29.4. The number of allylic oxidation sites excluding steroid dienone is 2. The van der Waals surface area contributed by atoms with E-state index in [0.29, 0.717) is 25.9 Å². The molecule has 0 bridgehead atoms. The maximum absolute atomic E-state index is 12.5. The van der Waals surface area contributed by atoms with Gasteiger partial charge in [-0.05, 0) is 51.4 Å². The lowest BCUT2D eigenvalue weighted by Crippen LogP contribution is -2.45. The van der Waals surface area contributed by atoms with Crippen molar-refractivity contribution < 1.29 is 24.5 Å². The fraction of sp³-hybridized carbons (Fsp3) is 0.932. The zero-order chi connectivity index (χ0) is 47.2. The Labute approximate surface area is 406 Å². The molecule has 0 spiro atoms. The van der Waals surface area contributed by atoms with Crippen molar-refractivity contribution in [3.63, 3.8) is 0 Å². The standard InChI is InChI=1S/C59H115NO5/c1-3-5-7-9-11-13-15-17-19-20-25-29-33-37-41-45-49-53-59(64)65-54-50-46-42-38-34-30-26-22-21-24-28-32-36-40-44-48-52-58(63)60-56(55-61)57(62)51-47-43-39-35-31-27-23-18-16-14-12-10-8-6-4-2/h21,24,56-57,61-62H,3-20,22-23,25-55H2,1-2H3,(H,60,63)/b24-21-. The summed E-state index contributed by atoms with van der Waals surface area (Å²) in [6.45, 7) is 4.95. The minimum absolute atomic E-state index is 0.00175. The Morgan fingerprint density at radius 2 is 0.723 bits per heavy atom. The first-order chi connectivity index (χ1) is 32.0. The normalized spacial score (nSPS) is 12.6. The van der Waals surface area contributed by atoms with Crippen molar-refractivity contribution in [2.45, 2.75) is 341 Å². The maximum atomic E-state index is 12.5. The molecule has 1 amide bonds. The van der Waals surface area contributed by atoms with Crippen LogP contribution in [-0.4, -0.2) is 47.4 Å². The molecule has 0 heterocycles. The molecule has 0 radical (unpaired) electrons. The average Bonchev–Trinajstić information content (AvgIpc) is 3.31. The molecule has 0 saturated heterocycles. The van der Waals surface area contributed by atoms with Crippen LogP contribution in [0.1, 0.15) is 328 Å². The summed E-state index contributed by atoms with van der Waals surface area (Å²) >= 11 is 0. The van der Waals surface area contributed by atoms with Gasteiger partial charge in [0.2, 0.25) is 5.91 Å². The number of rotatable bonds is 55. The number of carbonyl (C=O) groups is 2. The van der Waals surface area contributed by atoms with Gasteiger partial charge in [-0.1, -0.05) is 276 Å². The van der Waals surface area contributed by atoms with Gasteiger partial charge in [0, 0.05) is 12.8 Å². The number of esters is 1. The number of ether oxygens (including phenoxy) is 1. The molecule has 3 N–H and O–H groups in total. The van der Waals surface area contributed by atoms with E-state index >= 15 is 0 Å². The number of aliphatic hydroxyl groups excluding tert-OH is 2. The van der Waals surface area contributed by atoms with Crippen LogP contribution in [0, 0.1) is 0 Å². The monoisotopic (exact) mass is 918 g/mol. The van der Waals surface area contributed by atoms with Gasteiger partial charge in [-0.3, -0.25) is 9.59 Å². The van der Waals surface area contributed by atoms with E-state index in [1.165, 1.54) is 231 Å². The first kappa shape index (κ1) is 63.6. The van der Waals surface area contributed by atoms with Gasteiger partial charge in [0.25, 0.3) is 0 Å². The zero-order valence-corrected chi connectivity index (χ0v) is 44.0. The Kier molecular flexibility index (Phi) is 54.0. The third-order valence-corrected chi connectivity index (χ3v) is 13.8. The van der Waals surface area contributed by atoms with Crippen LogP contribution in [0.3, 0.4) is 0 Å². The number of hydrogen-bond acceptors (Lipinski definition) is 5. The summed E-state index contributed by atoms with van der Waals surface area (Å²) in [6, 6.07) is -0.552. The molecule has 0 aromatic heterocycles. The Morgan fingerprint density at radius 1 is 0.415 bits per heavy atom. The fourth-order valence-corrected chi connectivity index (χ4v) is 9.28. The molecule has 0 fully saturated rings. The van der Waals surface area contributed by atoms with Gasteiger partial charge in [0.15, 0.2) is 0 Å². The van der Waals surface area contributed by atoms with E-state index in [4.69, 9.17) is 4.74 Å². The number of aliphatic hydroxyl groups is 2. The topological polar surface area (TPSA) is 95.9 Å². The van der Waals surface area contributed by atoms with Crippen molar-refractivity contribution >= 4 is 11.9 Å². The van der Waals surface area contributed by atoms with Gasteiger partial charge in [0.05, 0.1) is 25.4 Å². The molecule has 2 unspecified atom stereocenters. The lowest BCUT2D eigenvalue weighted by atomic mass is 10.0. The molecule has 65 heavy (non-hydrogen) atoms. The van der Waals surface area contributed by atoms with Gasteiger partial charge in [-0.2, -0.15) is 0 Å². The molecular weight excluding hydrogens is 803 g/mol. The second-order valence-corrected chi connectivity index (χ2v) is 20.3. The van der Waals surface area contributed by atoms with E-state index in [0.717, 1.165) is 64.2 Å². The molecule has 386 valence electrons. The van der Waals surface area contributed by atoms with Crippen LogP contribution in [0.2, 0.25) is 0 Å². The van der Waals surface area contributed by atoms with Crippen molar-refractivity contribution in [3.8, 4) is 0 Å². The average molecular weight is 919 g/mol. The summed E-state index contributed by atoms with van der Waals surface area (Å²) in [6.07, 6.45) is 64.9. The minimum Gasteiger partial charge on any atom is -0.466 e. The van der Waals surface area contributed by atoms with Gasteiger partial charge >= 0.3 is 5.97 Å². The highest BCUT2D eigenvalue weighted by atomic mass is 16.5. The molecule has 0 rings (SSSR count). The van der Waals surface area contributed by atoms with Crippen LogP contribution in [0.5, 0.6) is 0 Å². The predicted octanol–water partition coefficient (Wildman–Crippen LogP) is 18.1. The molecule has 6 nitrogen and oxygen atoms in total. The Balaban J connectivity index is 3.43. The highest BCUT2D eigenvalue weighted by molar-refractivity contribution is 5.76. The van der Waals surface area contributed by atoms with E-state index in [2.05, 4.69) is 31.3 Å². The molecule has 0 aliphatic heterocycles. The van der Waals surface area contributed by atoms with Crippen LogP contribution in [-0.2, 0) is 14.3 Å². The number of hydrogen-bond donors (Lipinski definition) is 3. The third-order valence-electron chi connectivity index (χ3n) is 13.8. The van der Waals surface area contributed by atoms with Gasteiger partial charge in [-0.25, -0.2) is 0 Å². The van der Waals surface area contributed by atoms with Crippen molar-refractivity contribution in [2.24, 2.45) is 0 Å². The summed E-state index contributed by atoms with van der Waals surface area (Å²) < 4.78 is 5.48. The largest absolute Gasteiger partial charge is 0.466 e. The molecule has 0 aromatic carbocycles. The molecular formula is C59H115NO5. The van der Waals surface area contributed by atoms with Gasteiger partial charge < -0.3 is 20.3 Å². The third kappa shape index (κ3) is 51.8. The summed E-state index contributed by atoms with van der Waals surface area (Å²) in [5.74, 6) is -0.0481. The van der Waals surface area contributed by atoms with Crippen LogP contribution >= 0.6 is 0 Å². The van der Waals surface area contributed by atoms with E-state index in [-0.39, 0.29) is 18.5 Å². The maximum Gasteiger partial charge on any atom is 0.305 e. The number of amides is 1. The predicted molar refractivity (Wildman–Crippen MR) is 283 cm³/mol. The smallest absolute Gasteiger partial charge is 0.305 e. The van der Waals surface area contributed by atoms with E-state index in [9.17, 15) is 19.8 Å². The SMILES string of the molecule is CCCCCCCCCCCCCCCCCCCC(=O)OCCCCCCCCC/C=C\CCCCCCCC(=O)NC(CO)C(O)CCCCCCCCCCCCCCCCC. The number of nitrogens with one attached hydrogen (secondary N) is 1. The van der Waals surface area contributed by atoms with Crippen molar-refractivity contribution in [2.75, 3.05) is 13.2 Å². The van der Waals surface area contributed by atoms with E-state index in [1.807, 2.05) is 0 Å². The van der Waals surface area contributed by atoms with E-state index < -0.39 is 12.1 Å². The first-order valence-corrected chi connectivity index (χ1v) is 29.4. The second kappa shape index (κ2) is 55.2. The van der Waals surface area contributed by atoms with Crippen LogP contribution in [0.15, 0.2) is 12.2 Å². The van der Waals surface area contributed by atoms with Crippen molar-refractivity contribution in [1.29, 1.82) is 0 Å². The number of carbonyl (C=O) groups excluding carboxylic acids is 2. The molecule has 2 atom stereocenters. The van der Waals surface area contributed by atoms with E-state index in [1.54, 1.807) is 0 Å². The Bertz CT molecular complexity index is 970. The highest BCUT2D eigenvalue weighted by Crippen LogP contribution is 2.17. The van der Waals surface area contributed by atoms with Crippen LogP contribution in [0.4, 0.5) is 0 Å². The summed E-state index contributed by atoms with van der Waals surface area (Å²) in [5.41, 5.74) is 0. The lowest BCUT2D eigenvalue weighted by molar-refractivity contribution is -0.143. The van der Waals surface area contributed by atoms with Crippen molar-refractivity contribution in [1.82, 2.24) is 5.32 Å². The second-order valence-electron chi connectivity index (χ2n) is 20.3. The lowest BCUT2D eigenvalue weighted by Gasteiger charge is -2.22.